The molecule has 1 aliphatic rings. The van der Waals surface area contributed by atoms with Gasteiger partial charge < -0.3 is 9.84 Å². The lowest BCUT2D eigenvalue weighted by Crippen LogP contribution is -2.07. The largest absolute Gasteiger partial charge is 0.507 e. The van der Waals surface area contributed by atoms with E-state index in [1.165, 1.54) is 32.1 Å². The standard InChI is InChI=1S/C17H26O2S/c1-5-6-7-8-9-10-14-19-16-12(3)11(2)15(18)13(4)17(16)20-14/h14,18H,5-10H2,1-4H3/t14-/m0/s1. The zero-order chi connectivity index (χ0) is 14.7. The van der Waals surface area contributed by atoms with Crippen LogP contribution in [0.3, 0.4) is 0 Å². The number of rotatable bonds is 6. The van der Waals surface area contributed by atoms with Crippen molar-refractivity contribution in [2.75, 3.05) is 0 Å². The van der Waals surface area contributed by atoms with E-state index in [1.54, 1.807) is 11.8 Å². The number of phenols is 1. The maximum absolute atomic E-state index is 10.1. The fourth-order valence-electron chi connectivity index (χ4n) is 2.68. The predicted molar refractivity (Wildman–Crippen MR) is 86.0 cm³/mol. The van der Waals surface area contributed by atoms with Gasteiger partial charge in [0.2, 0.25) is 0 Å². The average molecular weight is 294 g/mol. The molecule has 2 rings (SSSR count). The summed E-state index contributed by atoms with van der Waals surface area (Å²) in [6.45, 7) is 8.23. The molecule has 0 aliphatic carbocycles. The van der Waals surface area contributed by atoms with E-state index in [1.807, 2.05) is 20.8 Å². The van der Waals surface area contributed by atoms with Crippen molar-refractivity contribution in [2.24, 2.45) is 0 Å². The molecule has 1 aromatic rings. The first-order valence-electron chi connectivity index (χ1n) is 7.72. The maximum Gasteiger partial charge on any atom is 0.149 e. The molecule has 1 heterocycles. The molecule has 0 saturated carbocycles. The van der Waals surface area contributed by atoms with Crippen LogP contribution in [-0.4, -0.2) is 10.5 Å². The summed E-state index contributed by atoms with van der Waals surface area (Å²) >= 11 is 1.78. The second kappa shape index (κ2) is 6.75. The number of unbranched alkanes of at least 4 members (excludes halogenated alkanes) is 4. The Morgan fingerprint density at radius 3 is 2.40 bits per heavy atom. The number of ether oxygens (including phenoxy) is 1. The van der Waals surface area contributed by atoms with Crippen LogP contribution in [0.1, 0.15) is 62.1 Å². The van der Waals surface area contributed by atoms with Crippen LogP contribution in [0.25, 0.3) is 0 Å². The molecule has 0 unspecified atom stereocenters. The molecule has 0 radical (unpaired) electrons. The lowest BCUT2D eigenvalue weighted by atomic mass is 10.0. The van der Waals surface area contributed by atoms with Gasteiger partial charge in [-0.2, -0.15) is 0 Å². The molecule has 1 N–H and O–H groups in total. The minimum atomic E-state index is 0.227. The summed E-state index contributed by atoms with van der Waals surface area (Å²) in [6.07, 6.45) is 7.59. The van der Waals surface area contributed by atoms with E-state index < -0.39 is 0 Å². The highest BCUT2D eigenvalue weighted by atomic mass is 32.2. The maximum atomic E-state index is 10.1. The Morgan fingerprint density at radius 2 is 1.70 bits per heavy atom. The van der Waals surface area contributed by atoms with Gasteiger partial charge >= 0.3 is 0 Å². The lowest BCUT2D eigenvalue weighted by molar-refractivity contribution is 0.275. The first-order chi connectivity index (χ1) is 9.56. The number of fused-ring (bicyclic) bond motifs is 1. The zero-order valence-electron chi connectivity index (χ0n) is 13.1. The summed E-state index contributed by atoms with van der Waals surface area (Å²) in [7, 11) is 0. The third kappa shape index (κ3) is 3.08. The molecule has 20 heavy (non-hydrogen) atoms. The van der Waals surface area contributed by atoms with E-state index in [4.69, 9.17) is 4.74 Å². The molecule has 0 saturated heterocycles. The Balaban J connectivity index is 1.97. The van der Waals surface area contributed by atoms with Gasteiger partial charge in [0, 0.05) is 5.56 Å². The monoisotopic (exact) mass is 294 g/mol. The van der Waals surface area contributed by atoms with Crippen molar-refractivity contribution >= 4 is 11.8 Å². The fourth-order valence-corrected chi connectivity index (χ4v) is 3.95. The molecule has 0 spiro atoms. The molecule has 1 aliphatic heterocycles. The summed E-state index contributed by atoms with van der Waals surface area (Å²) in [4.78, 5) is 1.14. The minimum Gasteiger partial charge on any atom is -0.507 e. The van der Waals surface area contributed by atoms with Gasteiger partial charge in [-0.25, -0.2) is 0 Å². The Hall–Kier alpha value is -0.830. The van der Waals surface area contributed by atoms with Crippen molar-refractivity contribution in [2.45, 2.75) is 76.6 Å². The van der Waals surface area contributed by atoms with Crippen LogP contribution < -0.4 is 4.74 Å². The number of hydrogen-bond acceptors (Lipinski definition) is 3. The van der Waals surface area contributed by atoms with Crippen molar-refractivity contribution in [3.63, 3.8) is 0 Å². The summed E-state index contributed by atoms with van der Waals surface area (Å²) < 4.78 is 6.11. The minimum absolute atomic E-state index is 0.227. The van der Waals surface area contributed by atoms with Crippen LogP contribution >= 0.6 is 11.8 Å². The quantitative estimate of drug-likeness (QED) is 0.704. The third-order valence-corrected chi connectivity index (χ3v) is 5.52. The summed E-state index contributed by atoms with van der Waals surface area (Å²) in [5.41, 5.74) is 3.24. The van der Waals surface area contributed by atoms with Crippen LogP contribution in [0.5, 0.6) is 11.5 Å². The molecule has 0 amide bonds. The second-order valence-electron chi connectivity index (χ2n) is 5.75. The average Bonchev–Trinajstić information content (AvgIpc) is 2.87. The number of thioether (sulfide) groups is 1. The van der Waals surface area contributed by atoms with Crippen LogP contribution in [0.15, 0.2) is 4.90 Å². The van der Waals surface area contributed by atoms with Gasteiger partial charge in [-0.05, 0) is 44.7 Å². The highest BCUT2D eigenvalue weighted by molar-refractivity contribution is 8.00. The van der Waals surface area contributed by atoms with Crippen LogP contribution in [0, 0.1) is 20.8 Å². The Bertz CT molecular complexity index is 446. The van der Waals surface area contributed by atoms with E-state index in [9.17, 15) is 5.11 Å². The smallest absolute Gasteiger partial charge is 0.149 e. The van der Waals surface area contributed by atoms with Crippen molar-refractivity contribution < 1.29 is 9.84 Å². The molecular formula is C17H26O2S. The summed E-state index contributed by atoms with van der Waals surface area (Å²) in [5, 5.41) is 10.1. The Labute approximate surface area is 126 Å². The Morgan fingerprint density at radius 1 is 1.00 bits per heavy atom. The Kier molecular flexibility index (Phi) is 5.25. The molecule has 0 fully saturated rings. The summed E-state index contributed by atoms with van der Waals surface area (Å²) in [6, 6.07) is 0. The predicted octanol–water partition coefficient (Wildman–Crippen LogP) is 5.49. The van der Waals surface area contributed by atoms with Gasteiger partial charge in [0.1, 0.15) is 16.9 Å². The molecule has 1 aromatic carbocycles. The van der Waals surface area contributed by atoms with Gasteiger partial charge in [-0.3, -0.25) is 0 Å². The van der Waals surface area contributed by atoms with Gasteiger partial charge in [0.15, 0.2) is 0 Å². The van der Waals surface area contributed by atoms with Gasteiger partial charge in [0.05, 0.1) is 4.90 Å². The fraction of sp³-hybridized carbons (Fsp3) is 0.647. The number of aromatic hydroxyl groups is 1. The molecule has 3 heteroatoms. The van der Waals surface area contributed by atoms with Crippen molar-refractivity contribution in [3.05, 3.63) is 16.7 Å². The first kappa shape index (κ1) is 15.6. The van der Waals surface area contributed by atoms with Crippen molar-refractivity contribution in [3.8, 4) is 11.5 Å². The highest BCUT2D eigenvalue weighted by Gasteiger charge is 2.29. The first-order valence-corrected chi connectivity index (χ1v) is 8.60. The molecule has 0 aromatic heterocycles. The van der Waals surface area contributed by atoms with Crippen LogP contribution in [-0.2, 0) is 0 Å². The van der Waals surface area contributed by atoms with E-state index in [0.717, 1.165) is 33.8 Å². The highest BCUT2D eigenvalue weighted by Crippen LogP contribution is 2.50. The number of hydrogen-bond donors (Lipinski definition) is 1. The van der Waals surface area contributed by atoms with Gasteiger partial charge in [-0.15, -0.1) is 0 Å². The number of phenolic OH excluding ortho intramolecular Hbond substituents is 1. The summed E-state index contributed by atoms with van der Waals surface area (Å²) in [5.74, 6) is 1.43. The molecular weight excluding hydrogens is 268 g/mol. The van der Waals surface area contributed by atoms with Crippen molar-refractivity contribution in [1.29, 1.82) is 0 Å². The van der Waals surface area contributed by atoms with E-state index in [-0.39, 0.29) is 5.44 Å². The topological polar surface area (TPSA) is 29.5 Å². The second-order valence-corrected chi connectivity index (χ2v) is 6.92. The van der Waals surface area contributed by atoms with Crippen LogP contribution in [0.2, 0.25) is 0 Å². The van der Waals surface area contributed by atoms with E-state index in [0.29, 0.717) is 5.75 Å². The molecule has 112 valence electrons. The molecule has 0 bridgehead atoms. The van der Waals surface area contributed by atoms with E-state index in [2.05, 4.69) is 6.92 Å². The van der Waals surface area contributed by atoms with Crippen LogP contribution in [0.4, 0.5) is 0 Å². The molecule has 2 nitrogen and oxygen atoms in total. The normalized spacial score (nSPS) is 17.1. The lowest BCUT2D eigenvalue weighted by Gasteiger charge is -2.12. The zero-order valence-corrected chi connectivity index (χ0v) is 13.9. The van der Waals surface area contributed by atoms with E-state index >= 15 is 0 Å². The molecule has 1 atom stereocenters. The number of benzene rings is 1. The van der Waals surface area contributed by atoms with Gasteiger partial charge in [-0.1, -0.05) is 44.4 Å². The third-order valence-electron chi connectivity index (χ3n) is 4.20. The SMILES string of the molecule is CCCCCCC[C@H]1Oc2c(C)c(C)c(O)c(C)c2S1. The van der Waals surface area contributed by atoms with Crippen molar-refractivity contribution in [1.82, 2.24) is 0 Å². The van der Waals surface area contributed by atoms with Gasteiger partial charge in [0.25, 0.3) is 0 Å².